The van der Waals surface area contributed by atoms with E-state index in [1.807, 2.05) is 0 Å². The summed E-state index contributed by atoms with van der Waals surface area (Å²) in [5.74, 6) is -0.816. The maximum Gasteiger partial charge on any atom is 0.356 e. The molecule has 0 saturated heterocycles. The van der Waals surface area contributed by atoms with Gasteiger partial charge in [-0.2, -0.15) is 0 Å². The van der Waals surface area contributed by atoms with Crippen LogP contribution in [0.3, 0.4) is 0 Å². The minimum Gasteiger partial charge on any atom is -0.464 e. The molecule has 0 fully saturated rings. The van der Waals surface area contributed by atoms with Crippen molar-refractivity contribution in [3.05, 3.63) is 0 Å². The van der Waals surface area contributed by atoms with Crippen LogP contribution in [0.1, 0.15) is 13.3 Å². The van der Waals surface area contributed by atoms with Crippen LogP contribution in [0.4, 0.5) is 0 Å². The Bertz CT molecular complexity index is 209. The summed E-state index contributed by atoms with van der Waals surface area (Å²) in [6, 6.07) is 0. The number of hydrogen-bond donors (Lipinski definition) is 0. The van der Waals surface area contributed by atoms with Gasteiger partial charge in [0.2, 0.25) is 0 Å². The Morgan fingerprint density at radius 3 is 2.25 bits per heavy atom. The highest BCUT2D eigenvalue weighted by molar-refractivity contribution is 6.39. The fourth-order valence-corrected chi connectivity index (χ4v) is 0.606. The third kappa shape index (κ3) is 3.70. The first kappa shape index (κ1) is 10.6. The van der Waals surface area contributed by atoms with Gasteiger partial charge in [0.05, 0.1) is 13.5 Å². The second-order valence-corrected chi connectivity index (χ2v) is 2.09. The molecule has 0 heterocycles. The van der Waals surface area contributed by atoms with Gasteiger partial charge in [0.25, 0.3) is 0 Å². The van der Waals surface area contributed by atoms with Gasteiger partial charge in [-0.1, -0.05) is 5.16 Å². The second kappa shape index (κ2) is 5.29. The highest BCUT2D eigenvalue weighted by Crippen LogP contribution is 1.92. The number of rotatable bonds is 4. The van der Waals surface area contributed by atoms with E-state index in [4.69, 9.17) is 0 Å². The Morgan fingerprint density at radius 1 is 1.33 bits per heavy atom. The van der Waals surface area contributed by atoms with Crippen molar-refractivity contribution < 1.29 is 19.2 Å². The van der Waals surface area contributed by atoms with Gasteiger partial charge in [0.15, 0.2) is 5.71 Å². The molecule has 0 aromatic rings. The molecule has 68 valence electrons. The van der Waals surface area contributed by atoms with Crippen molar-refractivity contribution in [1.29, 1.82) is 0 Å². The van der Waals surface area contributed by atoms with Crippen molar-refractivity contribution in [3.63, 3.8) is 0 Å². The number of esters is 1. The van der Waals surface area contributed by atoms with Crippen LogP contribution in [0.25, 0.3) is 0 Å². The number of carbonyl (C=O) groups excluding carboxylic acids is 2. The topological polar surface area (TPSA) is 65.0 Å². The summed E-state index contributed by atoms with van der Waals surface area (Å²) < 4.78 is 4.36. The van der Waals surface area contributed by atoms with E-state index in [1.165, 1.54) is 21.1 Å². The predicted molar refractivity (Wildman–Crippen MR) is 41.8 cm³/mol. The van der Waals surface area contributed by atoms with Crippen LogP contribution in [0.2, 0.25) is 0 Å². The molecular weight excluding hydrogens is 162 g/mol. The van der Waals surface area contributed by atoms with Crippen LogP contribution in [0.15, 0.2) is 5.16 Å². The zero-order chi connectivity index (χ0) is 9.56. The molecule has 5 nitrogen and oxygen atoms in total. The summed E-state index contributed by atoms with van der Waals surface area (Å²) in [6.45, 7) is 1.36. The van der Waals surface area contributed by atoms with Gasteiger partial charge in [-0.15, -0.1) is 0 Å². The summed E-state index contributed by atoms with van der Waals surface area (Å²) in [5.41, 5.74) is -0.0208. The minimum atomic E-state index is -0.646. The van der Waals surface area contributed by atoms with Crippen LogP contribution >= 0.6 is 0 Å². The number of nitrogens with zero attached hydrogens (tertiary/aromatic N) is 1. The summed E-state index contributed by atoms with van der Waals surface area (Å²) in [4.78, 5) is 25.8. The summed E-state index contributed by atoms with van der Waals surface area (Å²) >= 11 is 0. The number of hydrogen-bond acceptors (Lipinski definition) is 5. The lowest BCUT2D eigenvalue weighted by Gasteiger charge is -1.99. The molecule has 0 aliphatic heterocycles. The monoisotopic (exact) mass is 173 g/mol. The van der Waals surface area contributed by atoms with Gasteiger partial charge < -0.3 is 9.57 Å². The molecular formula is C7H11NO4. The molecule has 0 amide bonds. The highest BCUT2D eigenvalue weighted by atomic mass is 16.6. The number of carbonyl (C=O) groups is 2. The SMILES string of the molecule is CON=C(CC(C)=O)C(=O)OC. The average molecular weight is 173 g/mol. The van der Waals surface area contributed by atoms with E-state index < -0.39 is 5.97 Å². The third-order valence-corrected chi connectivity index (χ3v) is 1.04. The molecule has 0 aliphatic carbocycles. The van der Waals surface area contributed by atoms with Crippen LogP contribution in [-0.2, 0) is 19.2 Å². The van der Waals surface area contributed by atoms with Crippen molar-refractivity contribution >= 4 is 17.5 Å². The summed E-state index contributed by atoms with van der Waals surface area (Å²) in [6.07, 6.45) is -0.0689. The molecule has 0 atom stereocenters. The van der Waals surface area contributed by atoms with Crippen LogP contribution in [-0.4, -0.2) is 31.7 Å². The third-order valence-electron chi connectivity index (χ3n) is 1.04. The number of ether oxygens (including phenoxy) is 1. The first-order chi connectivity index (χ1) is 5.61. The molecule has 0 aromatic carbocycles. The van der Waals surface area contributed by atoms with Gasteiger partial charge in [-0.3, -0.25) is 4.79 Å². The number of methoxy groups -OCH3 is 1. The van der Waals surface area contributed by atoms with Gasteiger partial charge >= 0.3 is 5.97 Å². The smallest absolute Gasteiger partial charge is 0.356 e. The molecule has 12 heavy (non-hydrogen) atoms. The first-order valence-electron chi connectivity index (χ1n) is 3.29. The number of ketones is 1. The average Bonchev–Trinajstić information content (AvgIpc) is 2.01. The van der Waals surface area contributed by atoms with Crippen LogP contribution in [0.5, 0.6) is 0 Å². The van der Waals surface area contributed by atoms with Gasteiger partial charge in [0, 0.05) is 0 Å². The fourth-order valence-electron chi connectivity index (χ4n) is 0.606. The van der Waals surface area contributed by atoms with E-state index in [2.05, 4.69) is 14.7 Å². The Labute approximate surface area is 70.3 Å². The molecule has 0 bridgehead atoms. The van der Waals surface area contributed by atoms with Crippen LogP contribution in [0, 0.1) is 0 Å². The van der Waals surface area contributed by atoms with Crippen molar-refractivity contribution in [2.24, 2.45) is 5.16 Å². The van der Waals surface area contributed by atoms with E-state index >= 15 is 0 Å². The van der Waals surface area contributed by atoms with Crippen molar-refractivity contribution in [2.45, 2.75) is 13.3 Å². The standard InChI is InChI=1S/C7H11NO4/c1-5(9)4-6(8-12-3)7(10)11-2/h4H2,1-3H3. The lowest BCUT2D eigenvalue weighted by molar-refractivity contribution is -0.133. The zero-order valence-electron chi connectivity index (χ0n) is 7.29. The molecule has 0 aliphatic rings. The lowest BCUT2D eigenvalue weighted by atomic mass is 10.2. The minimum absolute atomic E-state index is 0.0208. The maximum absolute atomic E-state index is 10.9. The van der Waals surface area contributed by atoms with Crippen molar-refractivity contribution in [3.8, 4) is 0 Å². The summed E-state index contributed by atoms with van der Waals surface area (Å²) in [5, 5.41) is 3.36. The lowest BCUT2D eigenvalue weighted by Crippen LogP contribution is -2.18. The molecule has 5 heteroatoms. The number of Topliss-reactive ketones (excluding diaryl/α,β-unsaturated/α-hetero) is 1. The van der Waals surface area contributed by atoms with Gasteiger partial charge in [-0.25, -0.2) is 4.79 Å². The molecule has 0 rings (SSSR count). The van der Waals surface area contributed by atoms with Crippen molar-refractivity contribution in [1.82, 2.24) is 0 Å². The molecule has 0 saturated carbocycles. The van der Waals surface area contributed by atoms with Gasteiger partial charge in [-0.05, 0) is 6.92 Å². The molecule has 0 radical (unpaired) electrons. The van der Waals surface area contributed by atoms with E-state index in [-0.39, 0.29) is 17.9 Å². The summed E-state index contributed by atoms with van der Waals surface area (Å²) in [7, 11) is 2.51. The second-order valence-electron chi connectivity index (χ2n) is 2.09. The zero-order valence-corrected chi connectivity index (χ0v) is 7.29. The van der Waals surface area contributed by atoms with E-state index in [0.717, 1.165) is 0 Å². The Balaban J connectivity index is 4.34. The Kier molecular flexibility index (Phi) is 4.67. The molecule has 0 unspecified atom stereocenters. The number of oxime groups is 1. The quantitative estimate of drug-likeness (QED) is 0.344. The molecule has 0 N–H and O–H groups in total. The van der Waals surface area contributed by atoms with Crippen LogP contribution < -0.4 is 0 Å². The van der Waals surface area contributed by atoms with E-state index in [1.54, 1.807) is 0 Å². The maximum atomic E-state index is 10.9. The normalized spacial score (nSPS) is 10.8. The van der Waals surface area contributed by atoms with Gasteiger partial charge in [0.1, 0.15) is 12.9 Å². The van der Waals surface area contributed by atoms with E-state index in [9.17, 15) is 9.59 Å². The largest absolute Gasteiger partial charge is 0.464 e. The highest BCUT2D eigenvalue weighted by Gasteiger charge is 2.14. The molecule has 0 aromatic heterocycles. The Hall–Kier alpha value is -1.39. The molecule has 0 spiro atoms. The van der Waals surface area contributed by atoms with E-state index in [0.29, 0.717) is 0 Å². The fraction of sp³-hybridized carbons (Fsp3) is 0.571. The van der Waals surface area contributed by atoms with Crippen molar-refractivity contribution in [2.75, 3.05) is 14.2 Å². The predicted octanol–water partition coefficient (Wildman–Crippen LogP) is 0.141. The Morgan fingerprint density at radius 2 is 1.92 bits per heavy atom. The first-order valence-corrected chi connectivity index (χ1v) is 3.29.